The number of hydrogen-bond donors (Lipinski definition) is 0. The third-order valence-corrected chi connectivity index (χ3v) is 4.94. The van der Waals surface area contributed by atoms with Crippen molar-refractivity contribution in [3.63, 3.8) is 0 Å². The van der Waals surface area contributed by atoms with Gasteiger partial charge in [0.2, 0.25) is 5.89 Å². The summed E-state index contributed by atoms with van der Waals surface area (Å²) in [6.45, 7) is 7.38. The van der Waals surface area contributed by atoms with E-state index in [0.717, 1.165) is 36.0 Å². The van der Waals surface area contributed by atoms with E-state index in [2.05, 4.69) is 18.8 Å². The Morgan fingerprint density at radius 1 is 1.31 bits per heavy atom. The van der Waals surface area contributed by atoms with Crippen molar-refractivity contribution < 1.29 is 18.0 Å². The molecule has 1 aliphatic rings. The zero-order chi connectivity index (χ0) is 20.7. The molecule has 152 valence electrons. The predicted octanol–water partition coefficient (Wildman–Crippen LogP) is 3.98. The van der Waals surface area contributed by atoms with Gasteiger partial charge in [-0.05, 0) is 31.0 Å². The van der Waals surface area contributed by atoms with Crippen molar-refractivity contribution in [2.75, 3.05) is 6.54 Å². The molecule has 0 bridgehead atoms. The summed E-state index contributed by atoms with van der Waals surface area (Å²) in [6, 6.07) is 2.91. The average Bonchev–Trinajstić information content (AvgIpc) is 3.26. The Hall–Kier alpha value is -3.03. The first kappa shape index (κ1) is 19.3. The van der Waals surface area contributed by atoms with Gasteiger partial charge in [-0.3, -0.25) is 9.48 Å². The number of aryl methyl sites for hydroxylation is 1. The van der Waals surface area contributed by atoms with Crippen molar-refractivity contribution in [3.8, 4) is 11.6 Å². The number of carbonyl (C=O) groups excluding carboxylic acids is 1. The second kappa shape index (κ2) is 7.42. The van der Waals surface area contributed by atoms with Crippen molar-refractivity contribution in [1.29, 1.82) is 0 Å². The summed E-state index contributed by atoms with van der Waals surface area (Å²) in [5.41, 5.74) is 2.18. The van der Waals surface area contributed by atoms with Crippen LogP contribution in [0.5, 0.6) is 0 Å². The Morgan fingerprint density at radius 3 is 2.79 bits per heavy atom. The molecule has 6 nitrogen and oxygen atoms in total. The van der Waals surface area contributed by atoms with Gasteiger partial charge >= 0.3 is 0 Å². The van der Waals surface area contributed by atoms with Crippen molar-refractivity contribution >= 4 is 5.91 Å². The lowest BCUT2D eigenvalue weighted by molar-refractivity contribution is 0.0728. The topological polar surface area (TPSA) is 64.2 Å². The molecule has 3 heterocycles. The number of amides is 1. The molecule has 0 N–H and O–H groups in total. The molecule has 1 aliphatic heterocycles. The van der Waals surface area contributed by atoms with Gasteiger partial charge in [0, 0.05) is 30.8 Å². The van der Waals surface area contributed by atoms with Gasteiger partial charge in [0.1, 0.15) is 17.4 Å². The van der Waals surface area contributed by atoms with Gasteiger partial charge in [0.25, 0.3) is 5.91 Å². The highest BCUT2D eigenvalue weighted by molar-refractivity contribution is 5.94. The number of halogens is 2. The summed E-state index contributed by atoms with van der Waals surface area (Å²) in [7, 11) is 0. The molecule has 0 saturated carbocycles. The quantitative estimate of drug-likeness (QED) is 0.665. The van der Waals surface area contributed by atoms with E-state index in [4.69, 9.17) is 9.52 Å². The van der Waals surface area contributed by atoms with E-state index in [1.165, 1.54) is 4.90 Å². The van der Waals surface area contributed by atoms with Crippen molar-refractivity contribution in [2.24, 2.45) is 5.92 Å². The number of aromatic nitrogens is 3. The fourth-order valence-electron chi connectivity index (χ4n) is 3.63. The normalized spacial score (nSPS) is 13.8. The first-order chi connectivity index (χ1) is 13.8. The van der Waals surface area contributed by atoms with Crippen LogP contribution in [-0.2, 0) is 19.5 Å². The number of hydrogen-bond acceptors (Lipinski definition) is 4. The number of rotatable bonds is 4. The molecule has 0 unspecified atom stereocenters. The van der Waals surface area contributed by atoms with Crippen LogP contribution in [-0.4, -0.2) is 32.1 Å². The van der Waals surface area contributed by atoms with E-state index in [1.807, 2.05) is 4.68 Å². The highest BCUT2D eigenvalue weighted by Crippen LogP contribution is 2.31. The zero-order valence-electron chi connectivity index (χ0n) is 16.6. The van der Waals surface area contributed by atoms with E-state index in [1.54, 1.807) is 13.1 Å². The van der Waals surface area contributed by atoms with Gasteiger partial charge in [-0.25, -0.2) is 13.8 Å². The first-order valence-electron chi connectivity index (χ1n) is 9.59. The number of fused-ring (bicyclic) bond motifs is 1. The minimum atomic E-state index is -0.735. The summed E-state index contributed by atoms with van der Waals surface area (Å²) < 4.78 is 35.3. The Morgan fingerprint density at radius 2 is 2.10 bits per heavy atom. The van der Waals surface area contributed by atoms with Crippen LogP contribution in [0.3, 0.4) is 0 Å². The monoisotopic (exact) mass is 400 g/mol. The third-order valence-electron chi connectivity index (χ3n) is 4.94. The molecule has 29 heavy (non-hydrogen) atoms. The van der Waals surface area contributed by atoms with E-state index in [0.29, 0.717) is 36.2 Å². The Balaban J connectivity index is 1.71. The number of nitrogens with zero attached hydrogens (tertiary/aromatic N) is 4. The standard InChI is InChI=1S/C21H22F2N4O2/c1-12(2)10-27-18-6-7-26(21(28)15-8-14(22)4-5-17(15)23)11-16(18)19(25-27)20-24-9-13(3)29-20/h4-5,8-9,12H,6-7,10-11H2,1-3H3. The van der Waals surface area contributed by atoms with Crippen LogP contribution in [0, 0.1) is 24.5 Å². The zero-order valence-corrected chi connectivity index (χ0v) is 16.6. The highest BCUT2D eigenvalue weighted by Gasteiger charge is 2.31. The molecule has 1 aromatic carbocycles. The molecule has 0 radical (unpaired) electrons. The maximum atomic E-state index is 14.1. The van der Waals surface area contributed by atoms with Gasteiger partial charge in [0.15, 0.2) is 5.69 Å². The molecule has 0 spiro atoms. The lowest BCUT2D eigenvalue weighted by Gasteiger charge is -2.28. The molecule has 4 rings (SSSR count). The molecule has 0 aliphatic carbocycles. The van der Waals surface area contributed by atoms with Crippen LogP contribution in [0.2, 0.25) is 0 Å². The lowest BCUT2D eigenvalue weighted by atomic mass is 10.0. The van der Waals surface area contributed by atoms with Crippen molar-refractivity contribution in [3.05, 3.63) is 58.6 Å². The Labute approximate surface area is 167 Å². The van der Waals surface area contributed by atoms with Crippen molar-refractivity contribution in [1.82, 2.24) is 19.7 Å². The van der Waals surface area contributed by atoms with Crippen LogP contribution in [0.4, 0.5) is 8.78 Å². The molecular formula is C21H22F2N4O2. The maximum Gasteiger partial charge on any atom is 0.257 e. The molecule has 2 aromatic heterocycles. The van der Waals surface area contributed by atoms with Gasteiger partial charge in [-0.15, -0.1) is 0 Å². The lowest BCUT2D eigenvalue weighted by Crippen LogP contribution is -2.37. The molecule has 0 saturated heterocycles. The minimum Gasteiger partial charge on any atom is -0.440 e. The predicted molar refractivity (Wildman–Crippen MR) is 102 cm³/mol. The summed E-state index contributed by atoms with van der Waals surface area (Å²) >= 11 is 0. The van der Waals surface area contributed by atoms with Gasteiger partial charge < -0.3 is 9.32 Å². The summed E-state index contributed by atoms with van der Waals surface area (Å²) in [5, 5.41) is 4.70. The van der Waals surface area contributed by atoms with Crippen LogP contribution in [0.15, 0.2) is 28.8 Å². The van der Waals surface area contributed by atoms with E-state index < -0.39 is 17.5 Å². The molecule has 8 heteroatoms. The van der Waals surface area contributed by atoms with Gasteiger partial charge in [-0.1, -0.05) is 13.8 Å². The molecular weight excluding hydrogens is 378 g/mol. The first-order valence-corrected chi connectivity index (χ1v) is 9.59. The second-order valence-corrected chi connectivity index (χ2v) is 7.73. The van der Waals surface area contributed by atoms with Crippen LogP contribution >= 0.6 is 0 Å². The van der Waals surface area contributed by atoms with E-state index in [9.17, 15) is 13.6 Å². The Bertz CT molecular complexity index is 1070. The largest absolute Gasteiger partial charge is 0.440 e. The number of benzene rings is 1. The van der Waals surface area contributed by atoms with Crippen LogP contribution < -0.4 is 0 Å². The average molecular weight is 400 g/mol. The van der Waals surface area contributed by atoms with E-state index in [-0.39, 0.29) is 12.1 Å². The third kappa shape index (κ3) is 3.66. The summed E-state index contributed by atoms with van der Waals surface area (Å²) in [5.74, 6) is -0.474. The molecule has 1 amide bonds. The number of carbonyl (C=O) groups is 1. The Kier molecular flexibility index (Phi) is 4.94. The molecule has 0 atom stereocenters. The fourth-order valence-corrected chi connectivity index (χ4v) is 3.63. The second-order valence-electron chi connectivity index (χ2n) is 7.73. The summed E-state index contributed by atoms with van der Waals surface area (Å²) in [6.07, 6.45) is 2.19. The highest BCUT2D eigenvalue weighted by atomic mass is 19.1. The smallest absolute Gasteiger partial charge is 0.257 e. The number of oxazole rings is 1. The SMILES string of the molecule is Cc1cnc(-c2nn(CC(C)C)c3c2CN(C(=O)c2cc(F)ccc2F)CC3)o1. The minimum absolute atomic E-state index is 0.235. The molecule has 0 fully saturated rings. The fraction of sp³-hybridized carbons (Fsp3) is 0.381. The van der Waals surface area contributed by atoms with Crippen molar-refractivity contribution in [2.45, 2.75) is 40.3 Å². The van der Waals surface area contributed by atoms with E-state index >= 15 is 0 Å². The molecule has 3 aromatic rings. The van der Waals surface area contributed by atoms with Gasteiger partial charge in [-0.2, -0.15) is 5.10 Å². The maximum absolute atomic E-state index is 14.1. The summed E-state index contributed by atoms with van der Waals surface area (Å²) in [4.78, 5) is 18.7. The van der Waals surface area contributed by atoms with Crippen LogP contribution in [0.25, 0.3) is 11.6 Å². The van der Waals surface area contributed by atoms with Gasteiger partial charge in [0.05, 0.1) is 18.3 Å². The van der Waals surface area contributed by atoms with Crippen LogP contribution in [0.1, 0.15) is 41.2 Å².